The first-order valence-corrected chi connectivity index (χ1v) is 22.8. The zero-order valence-corrected chi connectivity index (χ0v) is 37.0. The minimum atomic E-state index is -1.32. The molecule has 342 valence electrons. The van der Waals surface area contributed by atoms with E-state index in [2.05, 4.69) is 56.6 Å². The van der Waals surface area contributed by atoms with E-state index in [4.69, 9.17) is 24.4 Å². The minimum Gasteiger partial charge on any atom is -0.480 e. The third-order valence-corrected chi connectivity index (χ3v) is 14.5. The number of unbranched alkanes of at least 4 members (excludes halogenated alkanes) is 1. The van der Waals surface area contributed by atoms with Crippen LogP contribution < -0.4 is 16.0 Å². The predicted octanol–water partition coefficient (Wildman–Crippen LogP) is 6.55. The SMILES string of the molecule is CC(C)CCC[C@@H](C)[C@H]1CC[C@H]2[C@@H]3CC=C4C[C@@H](OC(=O)NCCOCCOCCNC(=O)NCCCCC(C(=O)O)N(CC(=O)O)CC(=O)O)CC[C@]4(C)[C@H]3CC[C@]12C. The Bertz CT molecular complexity index is 1440. The lowest BCUT2D eigenvalue weighted by Gasteiger charge is -2.58. The van der Waals surface area contributed by atoms with Crippen molar-refractivity contribution in [2.45, 2.75) is 137 Å². The molecule has 9 atom stereocenters. The molecule has 15 heteroatoms. The van der Waals surface area contributed by atoms with Gasteiger partial charge < -0.3 is 45.5 Å². The van der Waals surface area contributed by atoms with Gasteiger partial charge in [-0.15, -0.1) is 0 Å². The van der Waals surface area contributed by atoms with Crippen LogP contribution in [-0.4, -0.2) is 122 Å². The Kier molecular flexibility index (Phi) is 19.4. The Morgan fingerprint density at radius 2 is 1.43 bits per heavy atom. The van der Waals surface area contributed by atoms with Gasteiger partial charge in [0.25, 0.3) is 0 Å². The normalized spacial score (nSPS) is 28.1. The number of hydrogen-bond acceptors (Lipinski definition) is 9. The van der Waals surface area contributed by atoms with Gasteiger partial charge in [0, 0.05) is 26.1 Å². The van der Waals surface area contributed by atoms with Crippen LogP contribution in [0.25, 0.3) is 0 Å². The average Bonchev–Trinajstić information content (AvgIpc) is 3.53. The number of nitrogens with zero attached hydrogens (tertiary/aromatic N) is 1. The fourth-order valence-electron chi connectivity index (χ4n) is 11.5. The van der Waals surface area contributed by atoms with Crippen molar-refractivity contribution in [2.24, 2.45) is 46.3 Å². The molecule has 0 aliphatic heterocycles. The molecule has 3 amide bonds. The van der Waals surface area contributed by atoms with Crippen LogP contribution in [0.2, 0.25) is 0 Å². The van der Waals surface area contributed by atoms with E-state index < -0.39 is 49.2 Å². The van der Waals surface area contributed by atoms with E-state index in [0.717, 1.165) is 59.7 Å². The molecule has 6 N–H and O–H groups in total. The summed E-state index contributed by atoms with van der Waals surface area (Å²) in [6.45, 7) is 13.0. The van der Waals surface area contributed by atoms with Gasteiger partial charge in [-0.2, -0.15) is 0 Å². The Labute approximate surface area is 357 Å². The lowest BCUT2D eigenvalue weighted by Crippen LogP contribution is -2.51. The molecule has 0 heterocycles. The summed E-state index contributed by atoms with van der Waals surface area (Å²) in [5.74, 6) is 0.865. The fraction of sp³-hybridized carbons (Fsp3) is 0.844. The Hall–Kier alpha value is -3.43. The molecule has 3 fully saturated rings. The van der Waals surface area contributed by atoms with Gasteiger partial charge >= 0.3 is 30.0 Å². The van der Waals surface area contributed by atoms with Gasteiger partial charge in [0.1, 0.15) is 12.1 Å². The molecule has 15 nitrogen and oxygen atoms in total. The molecular weight excluding hydrogens is 773 g/mol. The third-order valence-electron chi connectivity index (χ3n) is 14.5. The summed E-state index contributed by atoms with van der Waals surface area (Å²) in [6.07, 6.45) is 16.4. The number of carbonyl (C=O) groups excluding carboxylic acids is 2. The highest BCUT2D eigenvalue weighted by Gasteiger charge is 2.59. The summed E-state index contributed by atoms with van der Waals surface area (Å²) in [4.78, 5) is 59.3. The van der Waals surface area contributed by atoms with Crippen LogP contribution in [0.5, 0.6) is 0 Å². The molecule has 0 aromatic heterocycles. The Morgan fingerprint density at radius 1 is 0.767 bits per heavy atom. The maximum Gasteiger partial charge on any atom is 0.407 e. The fourth-order valence-corrected chi connectivity index (χ4v) is 11.5. The number of urea groups is 1. The second kappa shape index (κ2) is 23.7. The second-order valence-electron chi connectivity index (χ2n) is 18.9. The number of hydrogen-bond donors (Lipinski definition) is 6. The topological polar surface area (TPSA) is 213 Å². The van der Waals surface area contributed by atoms with Crippen molar-refractivity contribution < 1.29 is 53.5 Å². The number of nitrogens with one attached hydrogen (secondary N) is 3. The molecule has 1 unspecified atom stereocenters. The van der Waals surface area contributed by atoms with Gasteiger partial charge in [-0.1, -0.05) is 65.5 Å². The quantitative estimate of drug-likeness (QED) is 0.0404. The van der Waals surface area contributed by atoms with Crippen molar-refractivity contribution in [3.63, 3.8) is 0 Å². The van der Waals surface area contributed by atoms with Crippen molar-refractivity contribution in [3.8, 4) is 0 Å². The molecule has 4 rings (SSSR count). The summed E-state index contributed by atoms with van der Waals surface area (Å²) in [6, 6.07) is -1.68. The summed E-state index contributed by atoms with van der Waals surface area (Å²) >= 11 is 0. The smallest absolute Gasteiger partial charge is 0.407 e. The monoisotopic (exact) mass is 849 g/mol. The van der Waals surface area contributed by atoms with Gasteiger partial charge in [0.2, 0.25) is 0 Å². The van der Waals surface area contributed by atoms with E-state index in [0.29, 0.717) is 44.6 Å². The van der Waals surface area contributed by atoms with Crippen LogP contribution in [0, 0.1) is 46.3 Å². The highest BCUT2D eigenvalue weighted by atomic mass is 16.6. The molecule has 0 saturated heterocycles. The number of amides is 3. The molecule has 3 saturated carbocycles. The first kappa shape index (κ1) is 49.2. The van der Waals surface area contributed by atoms with Gasteiger partial charge in [-0.25, -0.2) is 9.59 Å². The van der Waals surface area contributed by atoms with E-state index >= 15 is 0 Å². The van der Waals surface area contributed by atoms with Gasteiger partial charge in [0.05, 0.1) is 39.5 Å². The molecule has 0 spiro atoms. The molecule has 0 aromatic carbocycles. The van der Waals surface area contributed by atoms with Crippen molar-refractivity contribution >= 4 is 30.0 Å². The van der Waals surface area contributed by atoms with E-state index in [1.54, 1.807) is 0 Å². The van der Waals surface area contributed by atoms with Gasteiger partial charge in [0.15, 0.2) is 0 Å². The van der Waals surface area contributed by atoms with E-state index in [1.165, 1.54) is 56.9 Å². The molecule has 4 aliphatic carbocycles. The number of carbonyl (C=O) groups is 5. The molecule has 60 heavy (non-hydrogen) atoms. The number of alkyl carbamates (subject to hydrolysis) is 1. The summed E-state index contributed by atoms with van der Waals surface area (Å²) in [7, 11) is 0. The average molecular weight is 849 g/mol. The Morgan fingerprint density at radius 3 is 2.08 bits per heavy atom. The molecular formula is C45H76N4O11. The van der Waals surface area contributed by atoms with Crippen molar-refractivity contribution in [3.05, 3.63) is 11.6 Å². The van der Waals surface area contributed by atoms with Gasteiger partial charge in [-0.3, -0.25) is 19.3 Å². The number of carboxylic acids is 3. The standard InChI is InChI=1S/C45H76N4O11/c1-30(2)9-8-10-31(3)35-14-15-36-34-13-12-32-27-33(16-18-44(32,4)37(34)17-19-45(35,36)5)60-43(57)48-22-24-59-26-25-58-23-21-47-42(56)46-20-7-6-11-38(41(54)55)49(28-39(50)51)29-40(52)53/h12,30-31,33-38H,6-11,13-29H2,1-5H3,(H,48,57)(H,50,51)(H,52,53)(H,54,55)(H2,46,47,56)/t31-,33+,34+,35-,36+,37+,38?,44+,45-/m1/s1. The highest BCUT2D eigenvalue weighted by Crippen LogP contribution is 2.67. The number of ether oxygens (including phenoxy) is 3. The lowest BCUT2D eigenvalue weighted by atomic mass is 9.47. The minimum absolute atomic E-state index is 0.0352. The third kappa shape index (κ3) is 14.1. The molecule has 0 aromatic rings. The first-order valence-electron chi connectivity index (χ1n) is 22.8. The number of carboxylic acid groups (broad SMARTS) is 3. The van der Waals surface area contributed by atoms with Crippen LogP contribution in [0.15, 0.2) is 11.6 Å². The number of allylic oxidation sites excluding steroid dienone is 1. The van der Waals surface area contributed by atoms with Crippen LogP contribution in [-0.2, 0) is 28.6 Å². The summed E-state index contributed by atoms with van der Waals surface area (Å²) in [5.41, 5.74) is 2.20. The van der Waals surface area contributed by atoms with E-state index in [1.807, 2.05) is 0 Å². The van der Waals surface area contributed by atoms with E-state index in [-0.39, 0.29) is 37.6 Å². The zero-order valence-electron chi connectivity index (χ0n) is 37.0. The number of rotatable bonds is 26. The number of fused-ring (bicyclic) bond motifs is 5. The van der Waals surface area contributed by atoms with Crippen LogP contribution in [0.3, 0.4) is 0 Å². The Balaban J connectivity index is 1.02. The first-order chi connectivity index (χ1) is 28.5. The maximum absolute atomic E-state index is 12.7. The van der Waals surface area contributed by atoms with Crippen LogP contribution >= 0.6 is 0 Å². The molecule has 0 bridgehead atoms. The highest BCUT2D eigenvalue weighted by molar-refractivity contribution is 5.78. The summed E-state index contributed by atoms with van der Waals surface area (Å²) in [5, 5.41) is 35.6. The predicted molar refractivity (Wildman–Crippen MR) is 226 cm³/mol. The largest absolute Gasteiger partial charge is 0.480 e. The van der Waals surface area contributed by atoms with Crippen molar-refractivity contribution in [2.75, 3.05) is 59.2 Å². The van der Waals surface area contributed by atoms with Crippen LogP contribution in [0.4, 0.5) is 9.59 Å². The lowest BCUT2D eigenvalue weighted by molar-refractivity contribution is -0.149. The number of aliphatic carboxylic acids is 3. The van der Waals surface area contributed by atoms with Gasteiger partial charge in [-0.05, 0) is 111 Å². The van der Waals surface area contributed by atoms with Crippen LogP contribution in [0.1, 0.15) is 125 Å². The summed E-state index contributed by atoms with van der Waals surface area (Å²) < 4.78 is 17.0. The second-order valence-corrected chi connectivity index (χ2v) is 18.9. The maximum atomic E-state index is 12.7. The van der Waals surface area contributed by atoms with E-state index in [9.17, 15) is 29.1 Å². The molecule has 4 aliphatic rings. The zero-order chi connectivity index (χ0) is 43.9. The van der Waals surface area contributed by atoms with Crippen molar-refractivity contribution in [1.29, 1.82) is 0 Å². The van der Waals surface area contributed by atoms with Crippen molar-refractivity contribution in [1.82, 2.24) is 20.9 Å². The molecule has 0 radical (unpaired) electrons.